The molecule has 0 saturated heterocycles. The molecule has 0 bridgehead atoms. The summed E-state index contributed by atoms with van der Waals surface area (Å²) in [5, 5.41) is 20.9. The van der Waals surface area contributed by atoms with E-state index in [-0.39, 0.29) is 11.6 Å². The van der Waals surface area contributed by atoms with E-state index in [2.05, 4.69) is 20.5 Å². The molecule has 2 aromatic carbocycles. The minimum absolute atomic E-state index is 0.213. The molecule has 24 heavy (non-hydrogen) atoms. The molecule has 3 N–H and O–H groups in total. The molecule has 4 rings (SSSR count). The number of benzene rings is 2. The summed E-state index contributed by atoms with van der Waals surface area (Å²) in [6, 6.07) is 14.4. The van der Waals surface area contributed by atoms with Gasteiger partial charge in [-0.2, -0.15) is 0 Å². The number of hydrogen-bond acceptors (Lipinski definition) is 5. The fraction of sp³-hybridized carbons (Fsp3) is 0. The van der Waals surface area contributed by atoms with Crippen molar-refractivity contribution in [3.63, 3.8) is 0 Å². The zero-order chi connectivity index (χ0) is 16.5. The van der Waals surface area contributed by atoms with E-state index >= 15 is 0 Å². The van der Waals surface area contributed by atoms with E-state index in [0.717, 1.165) is 16.5 Å². The molecule has 0 aliphatic rings. The fourth-order valence-corrected chi connectivity index (χ4v) is 2.45. The minimum Gasteiger partial charge on any atom is -0.478 e. The van der Waals surface area contributed by atoms with Crippen LogP contribution >= 0.6 is 0 Å². The Morgan fingerprint density at radius 1 is 1.08 bits per heavy atom. The Hall–Kier alpha value is -3.61. The highest BCUT2D eigenvalue weighted by molar-refractivity contribution is 5.93. The lowest BCUT2D eigenvalue weighted by atomic mass is 10.2. The Balaban J connectivity index is 1.59. The number of para-hydroxylation sites is 1. The standard InChI is InChI=1S/C17H12N4O3/c22-16(23)10-5-7-11(8-6-10)19-17-21-20-15(24-17)13-9-18-14-4-2-1-3-12(13)14/h1-9,18H,(H,19,21)(H,22,23). The molecule has 7 heteroatoms. The van der Waals surface area contributed by atoms with Crippen molar-refractivity contribution in [2.75, 3.05) is 5.32 Å². The van der Waals surface area contributed by atoms with Crippen molar-refractivity contribution >= 4 is 28.6 Å². The van der Waals surface area contributed by atoms with Gasteiger partial charge in [0, 0.05) is 22.8 Å². The van der Waals surface area contributed by atoms with Gasteiger partial charge < -0.3 is 19.8 Å². The first kappa shape index (κ1) is 14.0. The molecule has 0 saturated carbocycles. The zero-order valence-corrected chi connectivity index (χ0v) is 12.4. The van der Waals surface area contributed by atoms with Gasteiger partial charge in [-0.1, -0.05) is 23.3 Å². The number of anilines is 2. The van der Waals surface area contributed by atoms with Gasteiger partial charge in [0.25, 0.3) is 5.89 Å². The second kappa shape index (κ2) is 5.54. The number of aromatic nitrogens is 3. The van der Waals surface area contributed by atoms with Crippen molar-refractivity contribution in [2.24, 2.45) is 0 Å². The Morgan fingerprint density at radius 2 is 1.88 bits per heavy atom. The third-order valence-corrected chi connectivity index (χ3v) is 3.63. The monoisotopic (exact) mass is 320 g/mol. The van der Waals surface area contributed by atoms with Crippen molar-refractivity contribution in [2.45, 2.75) is 0 Å². The molecule has 4 aromatic rings. The number of nitrogens with zero attached hydrogens (tertiary/aromatic N) is 2. The molecular formula is C17H12N4O3. The first-order chi connectivity index (χ1) is 11.7. The van der Waals surface area contributed by atoms with Crippen LogP contribution < -0.4 is 5.32 Å². The highest BCUT2D eigenvalue weighted by atomic mass is 16.4. The van der Waals surface area contributed by atoms with Gasteiger partial charge in [0.05, 0.1) is 11.1 Å². The SMILES string of the molecule is O=C(O)c1ccc(Nc2nnc(-c3c[nH]c4ccccc34)o2)cc1. The normalized spacial score (nSPS) is 10.8. The smallest absolute Gasteiger partial charge is 0.335 e. The predicted octanol–water partition coefficient (Wildman–Crippen LogP) is 3.66. The lowest BCUT2D eigenvalue weighted by Gasteiger charge is -2.01. The first-order valence-corrected chi connectivity index (χ1v) is 7.21. The molecule has 0 aliphatic heterocycles. The van der Waals surface area contributed by atoms with Crippen LogP contribution in [0.25, 0.3) is 22.4 Å². The highest BCUT2D eigenvalue weighted by Gasteiger charge is 2.13. The van der Waals surface area contributed by atoms with Crippen LogP contribution in [0.2, 0.25) is 0 Å². The van der Waals surface area contributed by atoms with Gasteiger partial charge in [0.2, 0.25) is 0 Å². The quantitative estimate of drug-likeness (QED) is 0.530. The number of carboxylic acid groups (broad SMARTS) is 1. The number of nitrogens with one attached hydrogen (secondary N) is 2. The summed E-state index contributed by atoms with van der Waals surface area (Å²) in [7, 11) is 0. The van der Waals surface area contributed by atoms with Crippen LogP contribution in [0.3, 0.4) is 0 Å². The maximum Gasteiger partial charge on any atom is 0.335 e. The summed E-state index contributed by atoms with van der Waals surface area (Å²) < 4.78 is 5.65. The van der Waals surface area contributed by atoms with Crippen molar-refractivity contribution < 1.29 is 14.3 Å². The van der Waals surface area contributed by atoms with Crippen molar-refractivity contribution in [3.8, 4) is 11.5 Å². The number of carbonyl (C=O) groups is 1. The van der Waals surface area contributed by atoms with Gasteiger partial charge in [0.1, 0.15) is 0 Å². The fourth-order valence-electron chi connectivity index (χ4n) is 2.45. The maximum atomic E-state index is 10.8. The van der Waals surface area contributed by atoms with Crippen molar-refractivity contribution in [1.82, 2.24) is 15.2 Å². The van der Waals surface area contributed by atoms with E-state index in [9.17, 15) is 4.79 Å². The molecule has 0 amide bonds. The number of aromatic amines is 1. The Bertz CT molecular complexity index is 1020. The predicted molar refractivity (Wildman–Crippen MR) is 88.3 cm³/mol. The van der Waals surface area contributed by atoms with E-state index in [4.69, 9.17) is 9.52 Å². The Labute approximate surface area is 136 Å². The van der Waals surface area contributed by atoms with Crippen LogP contribution in [-0.4, -0.2) is 26.3 Å². The molecule has 0 spiro atoms. The van der Waals surface area contributed by atoms with Gasteiger partial charge >= 0.3 is 12.0 Å². The van der Waals surface area contributed by atoms with E-state index in [1.165, 1.54) is 12.1 Å². The minimum atomic E-state index is -0.971. The average Bonchev–Trinajstić information content (AvgIpc) is 3.22. The molecule has 2 heterocycles. The van der Waals surface area contributed by atoms with Crippen molar-refractivity contribution in [3.05, 3.63) is 60.3 Å². The average molecular weight is 320 g/mol. The number of rotatable bonds is 4. The van der Waals surface area contributed by atoms with Gasteiger partial charge in [-0.15, -0.1) is 5.10 Å². The third kappa shape index (κ3) is 2.48. The molecular weight excluding hydrogens is 308 g/mol. The van der Waals surface area contributed by atoms with E-state index < -0.39 is 5.97 Å². The summed E-state index contributed by atoms with van der Waals surface area (Å²) in [6.45, 7) is 0. The maximum absolute atomic E-state index is 10.8. The molecule has 0 radical (unpaired) electrons. The number of hydrogen-bond donors (Lipinski definition) is 3. The number of carboxylic acids is 1. The number of aromatic carboxylic acids is 1. The van der Waals surface area contributed by atoms with Gasteiger partial charge in [-0.25, -0.2) is 4.79 Å². The summed E-state index contributed by atoms with van der Waals surface area (Å²) >= 11 is 0. The van der Waals surface area contributed by atoms with Crippen LogP contribution in [0, 0.1) is 0 Å². The lowest BCUT2D eigenvalue weighted by Crippen LogP contribution is -1.96. The second-order valence-electron chi connectivity index (χ2n) is 5.17. The molecule has 0 aliphatic carbocycles. The summed E-state index contributed by atoms with van der Waals surface area (Å²) in [6.07, 6.45) is 1.82. The summed E-state index contributed by atoms with van der Waals surface area (Å²) in [5.74, 6) is -0.571. The third-order valence-electron chi connectivity index (χ3n) is 3.63. The Kier molecular flexibility index (Phi) is 3.24. The number of H-pyrrole nitrogens is 1. The van der Waals surface area contributed by atoms with Crippen molar-refractivity contribution in [1.29, 1.82) is 0 Å². The van der Waals surface area contributed by atoms with Crippen LogP contribution in [0.4, 0.5) is 11.7 Å². The summed E-state index contributed by atoms with van der Waals surface area (Å²) in [4.78, 5) is 14.0. The van der Waals surface area contributed by atoms with Crippen LogP contribution in [0.1, 0.15) is 10.4 Å². The largest absolute Gasteiger partial charge is 0.478 e. The summed E-state index contributed by atoms with van der Waals surface area (Å²) in [5.41, 5.74) is 2.69. The van der Waals surface area contributed by atoms with Gasteiger partial charge in [-0.3, -0.25) is 0 Å². The molecule has 118 valence electrons. The second-order valence-corrected chi connectivity index (χ2v) is 5.17. The van der Waals surface area contributed by atoms with E-state index in [0.29, 0.717) is 11.6 Å². The Morgan fingerprint density at radius 3 is 2.67 bits per heavy atom. The van der Waals surface area contributed by atoms with Crippen LogP contribution in [0.15, 0.2) is 59.1 Å². The van der Waals surface area contributed by atoms with E-state index in [1.807, 2.05) is 30.5 Å². The molecule has 0 fully saturated rings. The van der Waals surface area contributed by atoms with Crippen LogP contribution in [0.5, 0.6) is 0 Å². The van der Waals surface area contributed by atoms with Crippen LogP contribution in [-0.2, 0) is 0 Å². The van der Waals surface area contributed by atoms with Gasteiger partial charge in [0.15, 0.2) is 0 Å². The number of fused-ring (bicyclic) bond motifs is 1. The zero-order valence-electron chi connectivity index (χ0n) is 12.4. The molecule has 0 atom stereocenters. The lowest BCUT2D eigenvalue weighted by molar-refractivity contribution is 0.0697. The van der Waals surface area contributed by atoms with Gasteiger partial charge in [-0.05, 0) is 30.3 Å². The highest BCUT2D eigenvalue weighted by Crippen LogP contribution is 2.29. The van der Waals surface area contributed by atoms with E-state index in [1.54, 1.807) is 12.1 Å². The molecule has 0 unspecified atom stereocenters. The first-order valence-electron chi connectivity index (χ1n) is 7.21. The topological polar surface area (TPSA) is 104 Å². The molecule has 7 nitrogen and oxygen atoms in total. The molecule has 2 aromatic heterocycles.